The molecule has 0 spiro atoms. The van der Waals surface area contributed by atoms with E-state index in [2.05, 4.69) is 13.8 Å². The van der Waals surface area contributed by atoms with E-state index in [-0.39, 0.29) is 57.3 Å². The van der Waals surface area contributed by atoms with Crippen LogP contribution in [0.3, 0.4) is 0 Å². The fourth-order valence-corrected chi connectivity index (χ4v) is 11.3. The van der Waals surface area contributed by atoms with Gasteiger partial charge in [0.05, 0.1) is 159 Å². The molecule has 0 rings (SSSR count). The topological polar surface area (TPSA) is 183 Å². The maximum atomic E-state index is 14.3. The Balaban J connectivity index is 5.94. The highest BCUT2D eigenvalue weighted by atomic mass is 28.4. The van der Waals surface area contributed by atoms with Gasteiger partial charge in [0.15, 0.2) is 0 Å². The minimum Gasteiger partial charge on any atom is -0.382 e. The molecule has 0 aliphatic rings. The molecule has 0 amide bonds. The van der Waals surface area contributed by atoms with Gasteiger partial charge in [0, 0.05) is 66.6 Å². The van der Waals surface area contributed by atoms with Crippen LogP contribution in [0.25, 0.3) is 0 Å². The lowest BCUT2D eigenvalue weighted by atomic mass is 9.84. The second kappa shape index (κ2) is 47.4. The zero-order valence-corrected chi connectivity index (χ0v) is 43.0. The molecule has 0 radical (unpaired) electrons. The summed E-state index contributed by atoms with van der Waals surface area (Å²) in [5.41, 5.74) is 0. The highest BCUT2D eigenvalue weighted by Gasteiger charge is 2.43. The molecule has 0 saturated heterocycles. The molecule has 0 fully saturated rings. The Bertz CT molecular complexity index is 825. The smallest absolute Gasteiger partial charge is 0.382 e. The third-order valence-corrected chi connectivity index (χ3v) is 15.5. The summed E-state index contributed by atoms with van der Waals surface area (Å²) in [6.07, 6.45) is 4.10. The number of methoxy groups -OCH3 is 6. The molecular formula is C43H90O19Si2. The quantitative estimate of drug-likeness (QED) is 0.0626. The second-order valence-corrected chi connectivity index (χ2v) is 19.9. The van der Waals surface area contributed by atoms with Gasteiger partial charge in [-0.3, -0.25) is 4.79 Å². The number of carbonyl (C=O) groups excluding carboxylic acids is 1. The molecule has 0 saturated carbocycles. The molecule has 0 aliphatic carbocycles. The number of ketones is 1. The van der Waals surface area contributed by atoms with Crippen molar-refractivity contribution in [2.75, 3.05) is 201 Å². The third kappa shape index (κ3) is 35.5. The first kappa shape index (κ1) is 63.4. The number of rotatable bonds is 54. The summed E-state index contributed by atoms with van der Waals surface area (Å²) >= 11 is 0. The van der Waals surface area contributed by atoms with Crippen LogP contribution in [0, 0.1) is 11.8 Å². The van der Waals surface area contributed by atoms with Crippen molar-refractivity contribution in [1.29, 1.82) is 0 Å². The highest BCUT2D eigenvalue weighted by Crippen LogP contribution is 2.29. The lowest BCUT2D eigenvalue weighted by Gasteiger charge is -2.31. The Morgan fingerprint density at radius 1 is 0.328 bits per heavy atom. The molecule has 0 aromatic rings. The van der Waals surface area contributed by atoms with Crippen LogP contribution in [0.4, 0.5) is 0 Å². The van der Waals surface area contributed by atoms with Crippen molar-refractivity contribution in [1.82, 2.24) is 0 Å². The average Bonchev–Trinajstić information content (AvgIpc) is 3.30. The van der Waals surface area contributed by atoms with Gasteiger partial charge < -0.3 is 83.4 Å². The van der Waals surface area contributed by atoms with E-state index in [1.54, 1.807) is 42.7 Å². The number of Topliss-reactive ketones (excluding diaryl/α,β-unsaturated/α-hetero) is 1. The Kier molecular flexibility index (Phi) is 47.0. The van der Waals surface area contributed by atoms with Gasteiger partial charge in [0.2, 0.25) is 0 Å². The van der Waals surface area contributed by atoms with E-state index in [1.165, 1.54) is 0 Å². The van der Waals surface area contributed by atoms with E-state index in [1.807, 2.05) is 0 Å². The first-order valence-electron chi connectivity index (χ1n) is 23.1. The maximum absolute atomic E-state index is 14.3. The summed E-state index contributed by atoms with van der Waals surface area (Å²) in [4.78, 5) is 14.3. The summed E-state index contributed by atoms with van der Waals surface area (Å²) in [6, 6.07) is 1.03. The van der Waals surface area contributed by atoms with Crippen LogP contribution in [0.2, 0.25) is 12.1 Å². The van der Waals surface area contributed by atoms with E-state index < -0.39 is 17.6 Å². The number of hydrogen-bond acceptors (Lipinski definition) is 19. The van der Waals surface area contributed by atoms with Crippen LogP contribution in [0.1, 0.15) is 52.4 Å². The lowest BCUT2D eigenvalue weighted by Crippen LogP contribution is -2.48. The molecule has 0 N–H and O–H groups in total. The summed E-state index contributed by atoms with van der Waals surface area (Å²) in [5.74, 6) is -0.0381. The molecule has 0 heterocycles. The monoisotopic (exact) mass is 967 g/mol. The molecule has 2 atom stereocenters. The SMILES string of the molecule is CCC(CCC[Si](OCCOCCOC)(OCCOCCOC)OCCOCCOC)C(=O)C(CC)CCC[Si](OCCOCCOC)(OCCOCCOC)OCCOCCOC. The highest BCUT2D eigenvalue weighted by molar-refractivity contribution is 6.61. The van der Waals surface area contributed by atoms with Gasteiger partial charge in [-0.15, -0.1) is 0 Å². The number of carbonyl (C=O) groups is 1. The van der Waals surface area contributed by atoms with Gasteiger partial charge in [-0.05, 0) is 38.5 Å². The van der Waals surface area contributed by atoms with Crippen molar-refractivity contribution in [2.45, 2.75) is 64.5 Å². The van der Waals surface area contributed by atoms with Crippen molar-refractivity contribution in [2.24, 2.45) is 11.8 Å². The van der Waals surface area contributed by atoms with Gasteiger partial charge in [-0.25, -0.2) is 0 Å². The first-order chi connectivity index (χ1) is 31.4. The fraction of sp³-hybridized carbons (Fsp3) is 0.977. The van der Waals surface area contributed by atoms with Crippen LogP contribution in [-0.2, 0) is 88.2 Å². The van der Waals surface area contributed by atoms with Crippen LogP contribution in [0.15, 0.2) is 0 Å². The summed E-state index contributed by atoms with van der Waals surface area (Å²) in [5, 5.41) is 0. The maximum Gasteiger partial charge on any atom is 0.501 e. The van der Waals surface area contributed by atoms with Gasteiger partial charge in [0.1, 0.15) is 5.78 Å². The van der Waals surface area contributed by atoms with Gasteiger partial charge in [-0.2, -0.15) is 0 Å². The molecule has 384 valence electrons. The van der Waals surface area contributed by atoms with E-state index in [9.17, 15) is 4.79 Å². The standard InChI is InChI=1S/C43H90O19Si2/c1-9-41(13-11-39-63(57-33-27-51-21-15-45-3,58-34-28-52-22-16-46-4)59-35-29-53-23-17-47-5)43(44)42(10-2)14-12-40-64(60-36-30-54-24-18-48-6,61-37-31-55-25-19-49-7)62-38-32-56-26-20-50-8/h41-42H,9-40H2,1-8H3. The first-order valence-corrected chi connectivity index (χ1v) is 27.0. The van der Waals surface area contributed by atoms with E-state index in [0.717, 1.165) is 0 Å². The molecule has 0 bridgehead atoms. The zero-order valence-electron chi connectivity index (χ0n) is 41.0. The van der Waals surface area contributed by atoms with E-state index in [0.29, 0.717) is 170 Å². The Hall–Kier alpha value is -0.616. The Morgan fingerprint density at radius 2 is 0.531 bits per heavy atom. The Morgan fingerprint density at radius 3 is 0.719 bits per heavy atom. The lowest BCUT2D eigenvalue weighted by molar-refractivity contribution is -0.127. The molecule has 0 aromatic heterocycles. The second-order valence-electron chi connectivity index (χ2n) is 14.5. The van der Waals surface area contributed by atoms with Gasteiger partial charge in [0.25, 0.3) is 0 Å². The number of hydrogen-bond donors (Lipinski definition) is 0. The van der Waals surface area contributed by atoms with Gasteiger partial charge in [-0.1, -0.05) is 13.8 Å². The molecular weight excluding hydrogens is 877 g/mol. The fourth-order valence-electron chi connectivity index (χ4n) is 6.24. The van der Waals surface area contributed by atoms with Crippen LogP contribution < -0.4 is 0 Å². The molecule has 0 aromatic carbocycles. The summed E-state index contributed by atoms with van der Waals surface area (Å²) < 4.78 is 104. The predicted octanol–water partition coefficient (Wildman–Crippen LogP) is 4.12. The van der Waals surface area contributed by atoms with Crippen LogP contribution in [-0.4, -0.2) is 225 Å². The zero-order chi connectivity index (χ0) is 47.1. The van der Waals surface area contributed by atoms with Crippen LogP contribution >= 0.6 is 0 Å². The predicted molar refractivity (Wildman–Crippen MR) is 244 cm³/mol. The van der Waals surface area contributed by atoms with Crippen molar-refractivity contribution in [3.63, 3.8) is 0 Å². The van der Waals surface area contributed by atoms with E-state index in [4.69, 9.17) is 83.4 Å². The molecule has 64 heavy (non-hydrogen) atoms. The third-order valence-electron chi connectivity index (χ3n) is 9.75. The minimum absolute atomic E-state index is 0.146. The van der Waals surface area contributed by atoms with Crippen LogP contribution in [0.5, 0.6) is 0 Å². The normalized spacial score (nSPS) is 13.2. The summed E-state index contributed by atoms with van der Waals surface area (Å²) in [6.45, 7) is 13.5. The molecule has 19 nitrogen and oxygen atoms in total. The van der Waals surface area contributed by atoms with Crippen molar-refractivity contribution < 1.29 is 88.2 Å². The minimum atomic E-state index is -3.28. The molecule has 21 heteroatoms. The Labute approximate surface area is 388 Å². The molecule has 0 aliphatic heterocycles. The summed E-state index contributed by atoms with van der Waals surface area (Å²) in [7, 11) is 3.22. The number of ether oxygens (including phenoxy) is 12. The van der Waals surface area contributed by atoms with E-state index >= 15 is 0 Å². The largest absolute Gasteiger partial charge is 0.501 e. The van der Waals surface area contributed by atoms with Crippen molar-refractivity contribution in [3.8, 4) is 0 Å². The van der Waals surface area contributed by atoms with Gasteiger partial charge >= 0.3 is 17.6 Å². The molecule has 2 unspecified atom stereocenters. The van der Waals surface area contributed by atoms with Crippen molar-refractivity contribution in [3.05, 3.63) is 0 Å². The van der Waals surface area contributed by atoms with Crippen molar-refractivity contribution >= 4 is 23.4 Å². The average molecular weight is 967 g/mol.